The number of fused-ring (bicyclic) bond motifs is 1. The molecule has 2 aromatic carbocycles. The van der Waals surface area contributed by atoms with Gasteiger partial charge in [-0.25, -0.2) is 0 Å². The molecule has 0 spiro atoms. The van der Waals surface area contributed by atoms with E-state index in [9.17, 15) is 9.59 Å². The van der Waals surface area contributed by atoms with E-state index in [2.05, 4.69) is 23.5 Å². The summed E-state index contributed by atoms with van der Waals surface area (Å²) in [6, 6.07) is 13.4. The third kappa shape index (κ3) is 4.02. The molecule has 3 N–H and O–H groups in total. The van der Waals surface area contributed by atoms with Crippen molar-refractivity contribution in [2.24, 2.45) is 5.73 Å². The smallest absolute Gasteiger partial charge is 0.248 e. The largest absolute Gasteiger partial charge is 0.366 e. The van der Waals surface area contributed by atoms with Crippen LogP contribution < -0.4 is 11.1 Å². The molecule has 2 amide bonds. The zero-order valence-electron chi connectivity index (χ0n) is 13.7. The van der Waals surface area contributed by atoms with Gasteiger partial charge in [-0.1, -0.05) is 30.3 Å². The topological polar surface area (TPSA) is 72.2 Å². The van der Waals surface area contributed by atoms with Gasteiger partial charge in [-0.15, -0.1) is 0 Å². The van der Waals surface area contributed by atoms with E-state index in [1.165, 1.54) is 24.0 Å². The Morgan fingerprint density at radius 3 is 2.54 bits per heavy atom. The number of nitrogens with one attached hydrogen (secondary N) is 1. The van der Waals surface area contributed by atoms with Crippen molar-refractivity contribution < 1.29 is 9.59 Å². The summed E-state index contributed by atoms with van der Waals surface area (Å²) in [5, 5.41) is 2.90. The molecule has 0 aromatic heterocycles. The number of aryl methyl sites for hydroxylation is 2. The van der Waals surface area contributed by atoms with E-state index >= 15 is 0 Å². The number of hydrogen-bond donors (Lipinski definition) is 2. The van der Waals surface area contributed by atoms with Crippen molar-refractivity contribution in [3.8, 4) is 0 Å². The molecule has 124 valence electrons. The number of benzene rings is 2. The number of hydrogen-bond acceptors (Lipinski definition) is 2. The van der Waals surface area contributed by atoms with Gasteiger partial charge in [0.2, 0.25) is 11.8 Å². The summed E-state index contributed by atoms with van der Waals surface area (Å²) in [5.41, 5.74) is 10.5. The second-order valence-corrected chi connectivity index (χ2v) is 6.33. The molecule has 1 aliphatic rings. The molecule has 4 heteroatoms. The lowest BCUT2D eigenvalue weighted by atomic mass is 9.90. The van der Waals surface area contributed by atoms with Crippen molar-refractivity contribution in [3.63, 3.8) is 0 Å². The first kappa shape index (κ1) is 16.2. The average molecular weight is 322 g/mol. The molecule has 4 nitrogen and oxygen atoms in total. The van der Waals surface area contributed by atoms with Gasteiger partial charge in [0.05, 0.1) is 6.42 Å². The van der Waals surface area contributed by atoms with Crippen LogP contribution in [0.15, 0.2) is 42.5 Å². The minimum absolute atomic E-state index is 0.0183. The van der Waals surface area contributed by atoms with E-state index in [0.29, 0.717) is 18.5 Å². The zero-order chi connectivity index (χ0) is 16.9. The van der Waals surface area contributed by atoms with Gasteiger partial charge in [0, 0.05) is 12.1 Å². The first-order chi connectivity index (χ1) is 11.6. The van der Waals surface area contributed by atoms with E-state index in [1.54, 1.807) is 18.2 Å². The number of carbonyl (C=O) groups excluding carboxylic acids is 2. The van der Waals surface area contributed by atoms with Gasteiger partial charge in [-0.2, -0.15) is 0 Å². The molecule has 3 rings (SSSR count). The van der Waals surface area contributed by atoms with Crippen LogP contribution in [0.1, 0.15) is 45.5 Å². The summed E-state index contributed by atoms with van der Waals surface area (Å²) in [7, 11) is 0. The van der Waals surface area contributed by atoms with Crippen molar-refractivity contribution in [2.45, 2.75) is 38.6 Å². The van der Waals surface area contributed by atoms with Gasteiger partial charge in [-0.05, 0) is 60.1 Å². The first-order valence-corrected chi connectivity index (χ1v) is 8.38. The lowest BCUT2D eigenvalue weighted by molar-refractivity contribution is -0.120. The molecule has 1 aliphatic carbocycles. The Hall–Kier alpha value is -2.62. The molecular weight excluding hydrogens is 300 g/mol. The van der Waals surface area contributed by atoms with Gasteiger partial charge < -0.3 is 11.1 Å². The van der Waals surface area contributed by atoms with Gasteiger partial charge in [0.25, 0.3) is 0 Å². The van der Waals surface area contributed by atoms with Crippen LogP contribution >= 0.6 is 0 Å². The Morgan fingerprint density at radius 2 is 1.75 bits per heavy atom. The van der Waals surface area contributed by atoms with Crippen molar-refractivity contribution in [3.05, 3.63) is 70.3 Å². The third-order valence-corrected chi connectivity index (χ3v) is 4.48. The molecule has 0 unspecified atom stereocenters. The number of carbonyl (C=O) groups is 2. The predicted octanol–water partition coefficient (Wildman–Crippen LogP) is 2.52. The zero-order valence-corrected chi connectivity index (χ0v) is 13.7. The molecule has 0 heterocycles. The average Bonchev–Trinajstić information content (AvgIpc) is 2.60. The van der Waals surface area contributed by atoms with Gasteiger partial charge in [-0.3, -0.25) is 9.59 Å². The summed E-state index contributed by atoms with van der Waals surface area (Å²) >= 11 is 0. The number of primary amides is 1. The van der Waals surface area contributed by atoms with Crippen molar-refractivity contribution >= 4 is 11.8 Å². The van der Waals surface area contributed by atoms with Crippen LogP contribution in [0.5, 0.6) is 0 Å². The van der Waals surface area contributed by atoms with E-state index in [0.717, 1.165) is 24.0 Å². The highest BCUT2D eigenvalue weighted by molar-refractivity contribution is 5.92. The molecular formula is C20H22N2O2. The SMILES string of the molecule is NC(=O)c1cccc(CNC(=O)Cc2ccc3c(c2)CCCC3)c1. The molecule has 0 radical (unpaired) electrons. The Bertz CT molecular complexity index is 768. The van der Waals surface area contributed by atoms with Crippen LogP contribution in [0.4, 0.5) is 0 Å². The van der Waals surface area contributed by atoms with Crippen LogP contribution in [0.2, 0.25) is 0 Å². The van der Waals surface area contributed by atoms with Crippen molar-refractivity contribution in [1.29, 1.82) is 0 Å². The Balaban J connectivity index is 1.58. The molecule has 0 fully saturated rings. The van der Waals surface area contributed by atoms with Crippen LogP contribution in [0, 0.1) is 0 Å². The number of rotatable bonds is 5. The number of nitrogens with two attached hydrogens (primary N) is 1. The molecule has 2 aromatic rings. The molecule has 24 heavy (non-hydrogen) atoms. The van der Waals surface area contributed by atoms with E-state index in [4.69, 9.17) is 5.73 Å². The fourth-order valence-electron chi connectivity index (χ4n) is 3.18. The van der Waals surface area contributed by atoms with E-state index in [-0.39, 0.29) is 5.91 Å². The van der Waals surface area contributed by atoms with Crippen LogP contribution in [-0.4, -0.2) is 11.8 Å². The molecule has 0 atom stereocenters. The summed E-state index contributed by atoms with van der Waals surface area (Å²) in [5.74, 6) is -0.479. The first-order valence-electron chi connectivity index (χ1n) is 8.38. The maximum absolute atomic E-state index is 12.2. The van der Waals surface area contributed by atoms with Crippen LogP contribution in [-0.2, 0) is 30.6 Å². The maximum atomic E-state index is 12.2. The summed E-state index contributed by atoms with van der Waals surface area (Å²) < 4.78 is 0. The normalized spacial score (nSPS) is 13.2. The van der Waals surface area contributed by atoms with Crippen molar-refractivity contribution in [1.82, 2.24) is 5.32 Å². The fraction of sp³-hybridized carbons (Fsp3) is 0.300. The predicted molar refractivity (Wildman–Crippen MR) is 93.6 cm³/mol. The minimum atomic E-state index is -0.461. The van der Waals surface area contributed by atoms with Crippen LogP contribution in [0.3, 0.4) is 0 Å². The minimum Gasteiger partial charge on any atom is -0.366 e. The monoisotopic (exact) mass is 322 g/mol. The summed E-state index contributed by atoms with van der Waals surface area (Å²) in [6.07, 6.45) is 5.14. The van der Waals surface area contributed by atoms with E-state index in [1.807, 2.05) is 6.07 Å². The standard InChI is InChI=1S/C20H22N2O2/c21-20(24)18-7-3-4-15(11-18)13-22-19(23)12-14-8-9-16-5-1-2-6-17(16)10-14/h3-4,7-11H,1-2,5-6,12-13H2,(H2,21,24)(H,22,23). The van der Waals surface area contributed by atoms with Gasteiger partial charge in [0.15, 0.2) is 0 Å². The molecule has 0 aliphatic heterocycles. The van der Waals surface area contributed by atoms with Crippen molar-refractivity contribution in [2.75, 3.05) is 0 Å². The lowest BCUT2D eigenvalue weighted by Gasteiger charge is -2.16. The Labute approximate surface area is 142 Å². The molecule has 0 saturated carbocycles. The highest BCUT2D eigenvalue weighted by Gasteiger charge is 2.11. The molecule has 0 bridgehead atoms. The number of amides is 2. The summed E-state index contributed by atoms with van der Waals surface area (Å²) in [4.78, 5) is 23.4. The quantitative estimate of drug-likeness (QED) is 0.888. The second kappa shape index (κ2) is 7.30. The highest BCUT2D eigenvalue weighted by atomic mass is 16.1. The van der Waals surface area contributed by atoms with Crippen LogP contribution in [0.25, 0.3) is 0 Å². The second-order valence-electron chi connectivity index (χ2n) is 6.33. The third-order valence-electron chi connectivity index (χ3n) is 4.48. The van der Waals surface area contributed by atoms with Gasteiger partial charge in [0.1, 0.15) is 0 Å². The van der Waals surface area contributed by atoms with E-state index < -0.39 is 5.91 Å². The Morgan fingerprint density at radius 1 is 0.958 bits per heavy atom. The van der Waals surface area contributed by atoms with Gasteiger partial charge >= 0.3 is 0 Å². The Kier molecular flexibility index (Phi) is 4.94. The fourth-order valence-corrected chi connectivity index (χ4v) is 3.18. The molecule has 0 saturated heterocycles. The summed E-state index contributed by atoms with van der Waals surface area (Å²) in [6.45, 7) is 0.394. The lowest BCUT2D eigenvalue weighted by Crippen LogP contribution is -2.25. The maximum Gasteiger partial charge on any atom is 0.248 e. The highest BCUT2D eigenvalue weighted by Crippen LogP contribution is 2.22.